The highest BCUT2D eigenvalue weighted by Crippen LogP contribution is 2.16. The fourth-order valence-corrected chi connectivity index (χ4v) is 2.49. The van der Waals surface area contributed by atoms with E-state index >= 15 is 0 Å². The molecule has 106 valence electrons. The van der Waals surface area contributed by atoms with Crippen molar-refractivity contribution in [1.82, 2.24) is 9.80 Å². The molecule has 1 amide bonds. The van der Waals surface area contributed by atoms with E-state index in [0.29, 0.717) is 11.3 Å². The predicted octanol–water partition coefficient (Wildman–Crippen LogP) is 2.39. The van der Waals surface area contributed by atoms with Gasteiger partial charge in [-0.2, -0.15) is 0 Å². The van der Waals surface area contributed by atoms with E-state index in [1.54, 1.807) is 17.2 Å². The Labute approximate surface area is 115 Å². The van der Waals surface area contributed by atoms with Gasteiger partial charge in [0.2, 0.25) is 0 Å². The largest absolute Gasteiger partial charge is 0.469 e. The summed E-state index contributed by atoms with van der Waals surface area (Å²) in [6.45, 7) is 8.20. The second-order valence-electron chi connectivity index (χ2n) is 5.64. The van der Waals surface area contributed by atoms with Gasteiger partial charge in [-0.3, -0.25) is 4.79 Å². The maximum Gasteiger partial charge on any atom is 0.257 e. The molecule has 1 aliphatic heterocycles. The molecule has 4 heteroatoms. The van der Waals surface area contributed by atoms with Gasteiger partial charge in [-0.25, -0.2) is 0 Å². The summed E-state index contributed by atoms with van der Waals surface area (Å²) in [6.07, 6.45) is 4.12. The first kappa shape index (κ1) is 14.1. The van der Waals surface area contributed by atoms with Gasteiger partial charge in [0.15, 0.2) is 0 Å². The number of hydrogen-bond acceptors (Lipinski definition) is 3. The first-order valence-corrected chi connectivity index (χ1v) is 7.10. The Kier molecular flexibility index (Phi) is 4.64. The first-order valence-electron chi connectivity index (χ1n) is 7.10. The number of amides is 1. The monoisotopic (exact) mass is 264 g/mol. The molecule has 0 N–H and O–H groups in total. The zero-order valence-electron chi connectivity index (χ0n) is 12.2. The third-order valence-electron chi connectivity index (χ3n) is 4.06. The highest BCUT2D eigenvalue weighted by atomic mass is 16.3. The Bertz CT molecular complexity index is 420. The van der Waals surface area contributed by atoms with Gasteiger partial charge in [-0.15, -0.1) is 0 Å². The van der Waals surface area contributed by atoms with Gasteiger partial charge >= 0.3 is 0 Å². The molecule has 4 nitrogen and oxygen atoms in total. The van der Waals surface area contributed by atoms with Gasteiger partial charge in [-0.1, -0.05) is 6.92 Å². The van der Waals surface area contributed by atoms with Crippen molar-refractivity contribution in [2.24, 2.45) is 5.92 Å². The van der Waals surface area contributed by atoms with Gasteiger partial charge in [0.25, 0.3) is 5.91 Å². The lowest BCUT2D eigenvalue weighted by atomic mass is 9.99. The second kappa shape index (κ2) is 6.24. The standard InChI is InChI=1S/C15H24N2O2/c1-12-4-7-17(8-5-12)10-9-16(3)15(18)14-6-11-19-13(14)2/h6,11-12H,4-5,7-10H2,1-3H3. The molecule has 1 saturated heterocycles. The highest BCUT2D eigenvalue weighted by Gasteiger charge is 2.19. The maximum atomic E-state index is 12.2. The Hall–Kier alpha value is -1.29. The number of furan rings is 1. The van der Waals surface area contributed by atoms with Crippen molar-refractivity contribution in [3.63, 3.8) is 0 Å². The van der Waals surface area contributed by atoms with Crippen molar-refractivity contribution in [2.75, 3.05) is 33.2 Å². The molecule has 1 aromatic rings. The summed E-state index contributed by atoms with van der Waals surface area (Å²) >= 11 is 0. The summed E-state index contributed by atoms with van der Waals surface area (Å²) in [5.41, 5.74) is 0.676. The van der Waals surface area contributed by atoms with Crippen LogP contribution in [0.4, 0.5) is 0 Å². The third kappa shape index (κ3) is 3.60. The van der Waals surface area contributed by atoms with E-state index in [2.05, 4.69) is 11.8 Å². The van der Waals surface area contributed by atoms with E-state index in [-0.39, 0.29) is 5.91 Å². The molecule has 0 atom stereocenters. The van der Waals surface area contributed by atoms with Crippen LogP contribution < -0.4 is 0 Å². The molecule has 0 radical (unpaired) electrons. The molecule has 2 heterocycles. The summed E-state index contributed by atoms with van der Waals surface area (Å²) in [7, 11) is 1.86. The molecule has 1 aliphatic rings. The Morgan fingerprint density at radius 3 is 2.74 bits per heavy atom. The smallest absolute Gasteiger partial charge is 0.257 e. The summed E-state index contributed by atoms with van der Waals surface area (Å²) in [6, 6.07) is 1.75. The highest BCUT2D eigenvalue weighted by molar-refractivity contribution is 5.94. The molecule has 0 unspecified atom stereocenters. The van der Waals surface area contributed by atoms with Gasteiger partial charge < -0.3 is 14.2 Å². The van der Waals surface area contributed by atoms with Crippen LogP contribution in [0, 0.1) is 12.8 Å². The van der Waals surface area contributed by atoms with Crippen molar-refractivity contribution >= 4 is 5.91 Å². The van der Waals surface area contributed by atoms with Crippen LogP contribution in [0.3, 0.4) is 0 Å². The summed E-state index contributed by atoms with van der Waals surface area (Å²) in [5, 5.41) is 0. The molecule has 1 fully saturated rings. The van der Waals surface area contributed by atoms with E-state index in [1.165, 1.54) is 12.8 Å². The molecular weight excluding hydrogens is 240 g/mol. The number of carbonyl (C=O) groups excluding carboxylic acids is 1. The second-order valence-corrected chi connectivity index (χ2v) is 5.64. The Morgan fingerprint density at radius 1 is 1.47 bits per heavy atom. The minimum Gasteiger partial charge on any atom is -0.469 e. The number of nitrogens with zero attached hydrogens (tertiary/aromatic N) is 2. The number of piperidine rings is 1. The quantitative estimate of drug-likeness (QED) is 0.838. The van der Waals surface area contributed by atoms with E-state index in [9.17, 15) is 4.79 Å². The topological polar surface area (TPSA) is 36.7 Å². The van der Waals surface area contributed by atoms with E-state index in [0.717, 1.165) is 32.1 Å². The number of rotatable bonds is 4. The average molecular weight is 264 g/mol. The van der Waals surface area contributed by atoms with Crippen molar-refractivity contribution in [2.45, 2.75) is 26.7 Å². The van der Waals surface area contributed by atoms with Crippen molar-refractivity contribution in [3.8, 4) is 0 Å². The maximum absolute atomic E-state index is 12.2. The normalized spacial score (nSPS) is 17.6. The molecule has 1 aromatic heterocycles. The summed E-state index contributed by atoms with van der Waals surface area (Å²) < 4.78 is 5.18. The first-order chi connectivity index (χ1) is 9.08. The number of hydrogen-bond donors (Lipinski definition) is 0. The van der Waals surface area contributed by atoms with Gasteiger partial charge in [0.1, 0.15) is 5.76 Å². The molecule has 0 aromatic carbocycles. The van der Waals surface area contributed by atoms with Crippen LogP contribution in [0.2, 0.25) is 0 Å². The lowest BCUT2D eigenvalue weighted by molar-refractivity contribution is 0.0766. The SMILES string of the molecule is Cc1occc1C(=O)N(C)CCN1CCC(C)CC1. The fourth-order valence-electron chi connectivity index (χ4n) is 2.49. The molecule has 0 bridgehead atoms. The predicted molar refractivity (Wildman–Crippen MR) is 75.2 cm³/mol. The average Bonchev–Trinajstić information content (AvgIpc) is 2.83. The van der Waals surface area contributed by atoms with Crippen LogP contribution in [-0.2, 0) is 0 Å². The number of likely N-dealkylation sites (N-methyl/N-ethyl adjacent to an activating group) is 1. The third-order valence-corrected chi connectivity index (χ3v) is 4.06. The zero-order chi connectivity index (χ0) is 13.8. The van der Waals surface area contributed by atoms with Crippen molar-refractivity contribution in [1.29, 1.82) is 0 Å². The van der Waals surface area contributed by atoms with E-state index in [4.69, 9.17) is 4.42 Å². The number of carbonyl (C=O) groups is 1. The molecule has 0 aliphatic carbocycles. The Balaban J connectivity index is 1.80. The molecule has 2 rings (SSSR count). The summed E-state index contributed by atoms with van der Waals surface area (Å²) in [5.74, 6) is 1.60. The summed E-state index contributed by atoms with van der Waals surface area (Å²) in [4.78, 5) is 16.4. The molecular formula is C15H24N2O2. The fraction of sp³-hybridized carbons (Fsp3) is 0.667. The minimum atomic E-state index is 0.0524. The van der Waals surface area contributed by atoms with Crippen LogP contribution >= 0.6 is 0 Å². The number of likely N-dealkylation sites (tertiary alicyclic amines) is 1. The van der Waals surface area contributed by atoms with Gasteiger partial charge in [-0.05, 0) is 44.8 Å². The lowest BCUT2D eigenvalue weighted by Gasteiger charge is -2.31. The lowest BCUT2D eigenvalue weighted by Crippen LogP contribution is -2.40. The van der Waals surface area contributed by atoms with Crippen LogP contribution in [0.1, 0.15) is 35.9 Å². The van der Waals surface area contributed by atoms with Crippen LogP contribution in [0.5, 0.6) is 0 Å². The van der Waals surface area contributed by atoms with Crippen LogP contribution in [0.15, 0.2) is 16.7 Å². The molecule has 0 saturated carbocycles. The van der Waals surface area contributed by atoms with Crippen molar-refractivity contribution < 1.29 is 9.21 Å². The van der Waals surface area contributed by atoms with Crippen LogP contribution in [0.25, 0.3) is 0 Å². The van der Waals surface area contributed by atoms with E-state index < -0.39 is 0 Å². The molecule has 0 spiro atoms. The van der Waals surface area contributed by atoms with E-state index in [1.807, 2.05) is 14.0 Å². The molecule has 19 heavy (non-hydrogen) atoms. The van der Waals surface area contributed by atoms with Crippen LogP contribution in [-0.4, -0.2) is 48.9 Å². The Morgan fingerprint density at radius 2 is 2.16 bits per heavy atom. The minimum absolute atomic E-state index is 0.0524. The zero-order valence-corrected chi connectivity index (χ0v) is 12.2. The van der Waals surface area contributed by atoms with Gasteiger partial charge in [0, 0.05) is 20.1 Å². The van der Waals surface area contributed by atoms with Crippen molar-refractivity contribution in [3.05, 3.63) is 23.7 Å². The van der Waals surface area contributed by atoms with Gasteiger partial charge in [0.05, 0.1) is 11.8 Å². The number of aryl methyl sites for hydroxylation is 1.